The third-order valence-electron chi connectivity index (χ3n) is 3.31. The van der Waals surface area contributed by atoms with Crippen molar-refractivity contribution in [3.63, 3.8) is 0 Å². The van der Waals surface area contributed by atoms with Crippen molar-refractivity contribution in [3.8, 4) is 0 Å². The first-order chi connectivity index (χ1) is 11.5. The quantitative estimate of drug-likeness (QED) is 0.473. The molecule has 8 heteroatoms. The molecule has 0 aromatic carbocycles. The highest BCUT2D eigenvalue weighted by molar-refractivity contribution is 8.27. The fraction of sp³-hybridized carbons (Fsp3) is 0.125. The molecule has 0 radical (unpaired) electrons. The summed E-state index contributed by atoms with van der Waals surface area (Å²) < 4.78 is 10.6. The van der Waals surface area contributed by atoms with Gasteiger partial charge in [-0.25, -0.2) is 4.79 Å². The summed E-state index contributed by atoms with van der Waals surface area (Å²) in [6.07, 6.45) is 4.76. The number of rotatable bonds is 3. The molecule has 122 valence electrons. The third-order valence-corrected chi connectivity index (χ3v) is 4.62. The van der Waals surface area contributed by atoms with Crippen LogP contribution in [0.1, 0.15) is 21.9 Å². The summed E-state index contributed by atoms with van der Waals surface area (Å²) in [6.45, 7) is 1.66. The van der Waals surface area contributed by atoms with Crippen LogP contribution in [-0.2, 0) is 9.53 Å². The normalized spacial score (nSPS) is 16.1. The standard InChI is InChI=1S/C16H12N2O4S2/c1-9-12(15(20)21-2)6-11(22-9)7-13-14(19)18(16(23)24-13)10-4-3-5-17-8-10/h3-8H,1-2H3. The van der Waals surface area contributed by atoms with E-state index in [1.807, 2.05) is 0 Å². The minimum absolute atomic E-state index is 0.258. The lowest BCUT2D eigenvalue weighted by molar-refractivity contribution is -0.113. The van der Waals surface area contributed by atoms with Gasteiger partial charge in [0.05, 0.1) is 23.9 Å². The summed E-state index contributed by atoms with van der Waals surface area (Å²) in [6, 6.07) is 5.03. The van der Waals surface area contributed by atoms with E-state index in [4.69, 9.17) is 16.6 Å². The van der Waals surface area contributed by atoms with Crippen LogP contribution in [0.5, 0.6) is 0 Å². The van der Waals surface area contributed by atoms with Crippen LogP contribution in [0.2, 0.25) is 0 Å². The number of hydrogen-bond acceptors (Lipinski definition) is 7. The zero-order valence-corrected chi connectivity index (χ0v) is 14.4. The Kier molecular flexibility index (Phi) is 4.50. The number of furan rings is 1. The molecule has 2 aromatic rings. The van der Waals surface area contributed by atoms with Gasteiger partial charge in [-0.3, -0.25) is 14.7 Å². The zero-order valence-electron chi connectivity index (χ0n) is 12.8. The molecule has 1 fully saturated rings. The Morgan fingerprint density at radius 1 is 1.50 bits per heavy atom. The molecule has 0 bridgehead atoms. The maximum absolute atomic E-state index is 12.6. The summed E-state index contributed by atoms with van der Waals surface area (Å²) in [5.41, 5.74) is 0.931. The highest BCUT2D eigenvalue weighted by Crippen LogP contribution is 2.36. The van der Waals surface area contributed by atoms with E-state index in [1.165, 1.54) is 29.8 Å². The molecule has 1 aliphatic heterocycles. The molecular weight excluding hydrogens is 348 g/mol. The fourth-order valence-corrected chi connectivity index (χ4v) is 3.47. The average molecular weight is 360 g/mol. The summed E-state index contributed by atoms with van der Waals surface area (Å²) in [5, 5.41) is 0. The molecule has 2 aromatic heterocycles. The lowest BCUT2D eigenvalue weighted by atomic mass is 10.2. The van der Waals surface area contributed by atoms with Crippen molar-refractivity contribution in [3.05, 3.63) is 52.6 Å². The van der Waals surface area contributed by atoms with Gasteiger partial charge in [0.15, 0.2) is 4.32 Å². The van der Waals surface area contributed by atoms with E-state index in [0.29, 0.717) is 32.0 Å². The summed E-state index contributed by atoms with van der Waals surface area (Å²) >= 11 is 6.44. The first kappa shape index (κ1) is 16.4. The molecule has 0 unspecified atom stereocenters. The fourth-order valence-electron chi connectivity index (χ4n) is 2.19. The number of carbonyl (C=O) groups is 2. The van der Waals surface area contributed by atoms with E-state index in [-0.39, 0.29) is 5.91 Å². The van der Waals surface area contributed by atoms with Gasteiger partial charge in [-0.05, 0) is 25.1 Å². The number of thioether (sulfide) groups is 1. The highest BCUT2D eigenvalue weighted by atomic mass is 32.2. The van der Waals surface area contributed by atoms with Gasteiger partial charge in [0.2, 0.25) is 0 Å². The second-order valence-corrected chi connectivity index (χ2v) is 6.51. The number of aryl methyl sites for hydroxylation is 1. The van der Waals surface area contributed by atoms with E-state index >= 15 is 0 Å². The Labute approximate surface area is 147 Å². The molecule has 0 N–H and O–H groups in total. The van der Waals surface area contributed by atoms with Crippen molar-refractivity contribution in [2.24, 2.45) is 0 Å². The first-order valence-corrected chi connectivity index (χ1v) is 8.10. The van der Waals surface area contributed by atoms with Crippen LogP contribution < -0.4 is 4.90 Å². The maximum Gasteiger partial charge on any atom is 0.341 e. The third kappa shape index (κ3) is 2.98. The second kappa shape index (κ2) is 6.58. The Hall–Kier alpha value is -2.45. The van der Waals surface area contributed by atoms with Crippen molar-refractivity contribution in [2.75, 3.05) is 12.0 Å². The minimum atomic E-state index is -0.487. The highest BCUT2D eigenvalue weighted by Gasteiger charge is 2.33. The molecule has 3 rings (SSSR count). The van der Waals surface area contributed by atoms with E-state index in [2.05, 4.69) is 9.72 Å². The van der Waals surface area contributed by atoms with Crippen molar-refractivity contribution in [2.45, 2.75) is 6.92 Å². The summed E-state index contributed by atoms with van der Waals surface area (Å²) in [4.78, 5) is 30.0. The van der Waals surface area contributed by atoms with Gasteiger partial charge in [-0.2, -0.15) is 0 Å². The number of carbonyl (C=O) groups excluding carboxylic acids is 2. The predicted octanol–water partition coefficient (Wildman–Crippen LogP) is 3.18. The molecular formula is C16H12N2O4S2. The second-order valence-electron chi connectivity index (χ2n) is 4.84. The topological polar surface area (TPSA) is 72.6 Å². The number of amides is 1. The van der Waals surface area contributed by atoms with Crippen LogP contribution in [-0.4, -0.2) is 28.3 Å². The van der Waals surface area contributed by atoms with Crippen molar-refractivity contribution in [1.29, 1.82) is 0 Å². The SMILES string of the molecule is COC(=O)c1cc(C=C2SC(=S)N(c3cccnc3)C2=O)oc1C. The molecule has 6 nitrogen and oxygen atoms in total. The summed E-state index contributed by atoms with van der Waals surface area (Å²) in [7, 11) is 1.30. The molecule has 1 amide bonds. The van der Waals surface area contributed by atoms with Crippen LogP contribution in [0, 0.1) is 6.92 Å². The van der Waals surface area contributed by atoms with E-state index in [1.54, 1.807) is 37.5 Å². The number of anilines is 1. The molecule has 3 heterocycles. The van der Waals surface area contributed by atoms with Crippen LogP contribution in [0.4, 0.5) is 5.69 Å². The Bertz CT molecular complexity index is 858. The number of pyridine rings is 1. The van der Waals surface area contributed by atoms with E-state index in [0.717, 1.165) is 0 Å². The molecule has 1 aliphatic rings. The number of thiocarbonyl (C=S) groups is 1. The number of nitrogens with zero attached hydrogens (tertiary/aromatic N) is 2. The smallest absolute Gasteiger partial charge is 0.341 e. The lowest BCUT2D eigenvalue weighted by Gasteiger charge is -2.13. The number of hydrogen-bond donors (Lipinski definition) is 0. The van der Waals surface area contributed by atoms with Crippen molar-refractivity contribution in [1.82, 2.24) is 4.98 Å². The Morgan fingerprint density at radius 2 is 2.29 bits per heavy atom. The van der Waals surface area contributed by atoms with Gasteiger partial charge >= 0.3 is 5.97 Å². The molecule has 1 saturated heterocycles. The number of methoxy groups -OCH3 is 1. The Balaban J connectivity index is 1.91. The number of esters is 1. The first-order valence-electron chi connectivity index (χ1n) is 6.88. The van der Waals surface area contributed by atoms with Gasteiger partial charge < -0.3 is 9.15 Å². The van der Waals surface area contributed by atoms with Crippen LogP contribution >= 0.6 is 24.0 Å². The molecule has 0 spiro atoms. The molecule has 0 atom stereocenters. The van der Waals surface area contributed by atoms with Crippen LogP contribution in [0.25, 0.3) is 6.08 Å². The van der Waals surface area contributed by atoms with Crippen molar-refractivity contribution >= 4 is 51.9 Å². The van der Waals surface area contributed by atoms with Gasteiger partial charge in [-0.15, -0.1) is 0 Å². The molecule has 0 aliphatic carbocycles. The number of aromatic nitrogens is 1. The van der Waals surface area contributed by atoms with Gasteiger partial charge in [0.25, 0.3) is 5.91 Å². The Morgan fingerprint density at radius 3 is 2.96 bits per heavy atom. The van der Waals surface area contributed by atoms with Gasteiger partial charge in [0, 0.05) is 12.3 Å². The predicted molar refractivity (Wildman–Crippen MR) is 94.7 cm³/mol. The van der Waals surface area contributed by atoms with Crippen molar-refractivity contribution < 1.29 is 18.7 Å². The molecule has 24 heavy (non-hydrogen) atoms. The lowest BCUT2D eigenvalue weighted by Crippen LogP contribution is -2.27. The van der Waals surface area contributed by atoms with Crippen LogP contribution in [0.3, 0.4) is 0 Å². The van der Waals surface area contributed by atoms with Crippen LogP contribution in [0.15, 0.2) is 39.9 Å². The monoisotopic (exact) mass is 360 g/mol. The minimum Gasteiger partial charge on any atom is -0.465 e. The largest absolute Gasteiger partial charge is 0.465 e. The maximum atomic E-state index is 12.6. The average Bonchev–Trinajstić information content (AvgIpc) is 3.07. The molecule has 0 saturated carbocycles. The zero-order chi connectivity index (χ0) is 17.3. The van der Waals surface area contributed by atoms with E-state index < -0.39 is 5.97 Å². The van der Waals surface area contributed by atoms with Gasteiger partial charge in [0.1, 0.15) is 17.1 Å². The summed E-state index contributed by atoms with van der Waals surface area (Å²) in [5.74, 6) is 0.0703. The number of ether oxygens (including phenoxy) is 1. The van der Waals surface area contributed by atoms with E-state index in [9.17, 15) is 9.59 Å². The van der Waals surface area contributed by atoms with Gasteiger partial charge in [-0.1, -0.05) is 24.0 Å².